The van der Waals surface area contributed by atoms with Crippen LogP contribution in [0.15, 0.2) is 69.3 Å². The Kier molecular flexibility index (Phi) is 6.38. The number of carbonyl (C=O) groups excluding carboxylic acids is 1. The summed E-state index contributed by atoms with van der Waals surface area (Å²) < 4.78 is 23.3. The third-order valence-corrected chi connectivity index (χ3v) is 8.23. The van der Waals surface area contributed by atoms with Gasteiger partial charge in [-0.05, 0) is 47.5 Å². The highest BCUT2D eigenvalue weighted by atomic mass is 32.2. The van der Waals surface area contributed by atoms with E-state index in [2.05, 4.69) is 10.4 Å². The molecule has 2 atom stereocenters. The number of thiophene rings is 2. The summed E-state index contributed by atoms with van der Waals surface area (Å²) in [4.78, 5) is 15.6. The molecule has 0 saturated carbocycles. The third kappa shape index (κ3) is 4.95. The second kappa shape index (κ2) is 9.04. The molecule has 2 aromatic heterocycles. The van der Waals surface area contributed by atoms with Gasteiger partial charge in [0.1, 0.15) is 0 Å². The fraction of sp³-hybridized carbons (Fsp3) is 0.273. The first-order chi connectivity index (χ1) is 14.8. The van der Waals surface area contributed by atoms with Gasteiger partial charge in [0.25, 0.3) is 5.91 Å². The van der Waals surface area contributed by atoms with E-state index in [0.29, 0.717) is 6.42 Å². The summed E-state index contributed by atoms with van der Waals surface area (Å²) in [6, 6.07) is 14.6. The zero-order valence-corrected chi connectivity index (χ0v) is 19.6. The molecular weight excluding hydrogens is 450 g/mol. The number of benzene rings is 1. The Morgan fingerprint density at radius 3 is 2.48 bits per heavy atom. The Morgan fingerprint density at radius 1 is 1.16 bits per heavy atom. The van der Waals surface area contributed by atoms with E-state index in [0.717, 1.165) is 21.0 Å². The molecule has 1 aromatic carbocycles. The molecule has 1 aliphatic rings. The van der Waals surface area contributed by atoms with E-state index in [1.807, 2.05) is 41.9 Å². The maximum Gasteiger partial charge on any atom is 0.257 e. The Morgan fingerprint density at radius 2 is 1.87 bits per heavy atom. The van der Waals surface area contributed by atoms with Crippen molar-refractivity contribution in [3.05, 3.63) is 74.6 Å². The molecule has 162 valence electrons. The molecule has 9 heteroatoms. The largest absolute Gasteiger partial charge is 0.302 e. The van der Waals surface area contributed by atoms with Crippen molar-refractivity contribution in [2.45, 2.75) is 30.3 Å². The van der Waals surface area contributed by atoms with E-state index in [1.165, 1.54) is 6.26 Å². The topological polar surface area (TPSA) is 78.8 Å². The van der Waals surface area contributed by atoms with E-state index >= 15 is 0 Å². The van der Waals surface area contributed by atoms with E-state index in [4.69, 9.17) is 0 Å². The Hall–Kier alpha value is -2.33. The highest BCUT2D eigenvalue weighted by Crippen LogP contribution is 2.35. The van der Waals surface area contributed by atoms with Crippen molar-refractivity contribution >= 4 is 44.1 Å². The van der Waals surface area contributed by atoms with Crippen LogP contribution in [0.3, 0.4) is 0 Å². The van der Waals surface area contributed by atoms with Crippen molar-refractivity contribution in [3.63, 3.8) is 0 Å². The molecule has 1 amide bonds. The molecule has 1 N–H and O–H groups in total. The maximum atomic E-state index is 13.1. The van der Waals surface area contributed by atoms with Crippen LogP contribution in [0.2, 0.25) is 0 Å². The number of carbonyl (C=O) groups is 1. The number of sulfone groups is 1. The zero-order valence-electron chi connectivity index (χ0n) is 17.2. The van der Waals surface area contributed by atoms with Gasteiger partial charge in [-0.3, -0.25) is 4.79 Å². The van der Waals surface area contributed by atoms with Crippen LogP contribution in [0.1, 0.15) is 40.7 Å². The number of hydrogen-bond acceptors (Lipinski definition) is 7. The second-order valence-corrected chi connectivity index (χ2v) is 11.4. The molecule has 3 heterocycles. The molecule has 0 unspecified atom stereocenters. The molecule has 6 nitrogen and oxygen atoms in total. The fourth-order valence-electron chi connectivity index (χ4n) is 3.48. The molecule has 3 aromatic rings. The van der Waals surface area contributed by atoms with Gasteiger partial charge in [-0.25, -0.2) is 13.4 Å². The molecule has 1 aliphatic heterocycles. The minimum Gasteiger partial charge on any atom is -0.302 e. The van der Waals surface area contributed by atoms with Crippen molar-refractivity contribution in [2.24, 2.45) is 5.10 Å². The molecule has 0 aliphatic carbocycles. The van der Waals surface area contributed by atoms with Crippen molar-refractivity contribution in [3.8, 4) is 0 Å². The van der Waals surface area contributed by atoms with Crippen LogP contribution >= 0.6 is 22.7 Å². The average molecular weight is 474 g/mol. The number of rotatable bonds is 7. The summed E-state index contributed by atoms with van der Waals surface area (Å²) in [6.07, 6.45) is 1.89. The minimum atomic E-state index is -3.23. The number of nitrogens with zero attached hydrogens (tertiary/aromatic N) is 2. The molecule has 0 spiro atoms. The number of amides is 1. The maximum absolute atomic E-state index is 13.1. The lowest BCUT2D eigenvalue weighted by atomic mass is 10.1. The monoisotopic (exact) mass is 473 g/mol. The Balaban J connectivity index is 1.45. The summed E-state index contributed by atoms with van der Waals surface area (Å²) in [5.41, 5.74) is 1.85. The highest BCUT2D eigenvalue weighted by molar-refractivity contribution is 7.90. The molecule has 0 bridgehead atoms. The van der Waals surface area contributed by atoms with Crippen LogP contribution in [0.25, 0.3) is 0 Å². The van der Waals surface area contributed by atoms with Crippen molar-refractivity contribution in [1.29, 1.82) is 0 Å². The first-order valence-electron chi connectivity index (χ1n) is 9.83. The van der Waals surface area contributed by atoms with Gasteiger partial charge in [0.05, 0.1) is 28.1 Å². The van der Waals surface area contributed by atoms with Gasteiger partial charge in [0, 0.05) is 23.6 Å². The van der Waals surface area contributed by atoms with E-state index < -0.39 is 9.84 Å². The van der Waals surface area contributed by atoms with Crippen LogP contribution in [0.4, 0.5) is 0 Å². The van der Waals surface area contributed by atoms with Crippen molar-refractivity contribution in [1.82, 2.24) is 10.3 Å². The molecule has 0 radical (unpaired) electrons. The molecule has 31 heavy (non-hydrogen) atoms. The standard InChI is InChI=1S/C22H23N3O3S3/c1-15(16-7-9-17(10-8-16)31(2,27)28)23-14-22(26)25-19(21-6-4-12-30-21)13-18(24-25)20-5-3-11-29-20/h3-12,15,19,23H,13-14H2,1-2H3/t15-,19-/m1/s1. The summed E-state index contributed by atoms with van der Waals surface area (Å²) >= 11 is 3.26. The lowest BCUT2D eigenvalue weighted by molar-refractivity contribution is -0.132. The third-order valence-electron chi connectivity index (χ3n) is 5.21. The fourth-order valence-corrected chi connectivity index (χ4v) is 5.64. The lowest BCUT2D eigenvalue weighted by Crippen LogP contribution is -2.36. The first-order valence-corrected chi connectivity index (χ1v) is 13.5. The van der Waals surface area contributed by atoms with E-state index in [9.17, 15) is 13.2 Å². The molecule has 0 fully saturated rings. The summed E-state index contributed by atoms with van der Waals surface area (Å²) in [6.45, 7) is 2.09. The van der Waals surface area contributed by atoms with Crippen molar-refractivity contribution in [2.75, 3.05) is 12.8 Å². The average Bonchev–Trinajstić information content (AvgIpc) is 3.51. The summed E-state index contributed by atoms with van der Waals surface area (Å²) in [5, 5.41) is 13.5. The predicted molar refractivity (Wildman–Crippen MR) is 125 cm³/mol. The highest BCUT2D eigenvalue weighted by Gasteiger charge is 2.33. The lowest BCUT2D eigenvalue weighted by Gasteiger charge is -2.22. The van der Waals surface area contributed by atoms with Gasteiger partial charge in [-0.15, -0.1) is 22.7 Å². The molecular formula is C22H23N3O3S3. The number of nitrogens with one attached hydrogen (secondary N) is 1. The van der Waals surface area contributed by atoms with Crippen LogP contribution in [0, 0.1) is 0 Å². The molecule has 4 rings (SSSR count). The Labute approximate surface area is 190 Å². The SMILES string of the molecule is C[C@@H](NCC(=O)N1N=C(c2cccs2)C[C@@H]1c1cccs1)c1ccc(S(C)(=O)=O)cc1. The van der Waals surface area contributed by atoms with Crippen molar-refractivity contribution < 1.29 is 13.2 Å². The van der Waals surface area contributed by atoms with E-state index in [-0.39, 0.29) is 29.4 Å². The minimum absolute atomic E-state index is 0.0873. The number of hydrogen-bond donors (Lipinski definition) is 1. The van der Waals surface area contributed by atoms with Gasteiger partial charge < -0.3 is 5.32 Å². The van der Waals surface area contributed by atoms with Gasteiger partial charge >= 0.3 is 0 Å². The normalized spacial score (nSPS) is 17.5. The van der Waals surface area contributed by atoms with Crippen LogP contribution < -0.4 is 5.32 Å². The number of hydrazone groups is 1. The predicted octanol–water partition coefficient (Wildman–Crippen LogP) is 4.24. The first kappa shape index (κ1) is 21.9. The quantitative estimate of drug-likeness (QED) is 0.557. The summed E-state index contributed by atoms with van der Waals surface area (Å²) in [7, 11) is -3.23. The van der Waals surface area contributed by atoms with Gasteiger partial charge in [-0.2, -0.15) is 5.10 Å². The zero-order chi connectivity index (χ0) is 22.0. The van der Waals surface area contributed by atoms with Gasteiger partial charge in [0.2, 0.25) is 0 Å². The smallest absolute Gasteiger partial charge is 0.257 e. The Bertz CT molecular complexity index is 1170. The van der Waals surface area contributed by atoms with Gasteiger partial charge in [0.15, 0.2) is 9.84 Å². The van der Waals surface area contributed by atoms with E-state index in [1.54, 1.807) is 51.9 Å². The van der Waals surface area contributed by atoms with Gasteiger partial charge in [-0.1, -0.05) is 24.3 Å². The summed E-state index contributed by atoms with van der Waals surface area (Å²) in [5.74, 6) is -0.0930. The van der Waals surface area contributed by atoms with Crippen LogP contribution in [-0.2, 0) is 14.6 Å². The molecule has 0 saturated heterocycles. The van der Waals surface area contributed by atoms with Crippen LogP contribution in [0.5, 0.6) is 0 Å². The second-order valence-electron chi connectivity index (χ2n) is 7.44. The van der Waals surface area contributed by atoms with Crippen LogP contribution in [-0.4, -0.2) is 37.8 Å².